The maximum atomic E-state index is 11.3. The molecule has 2 N–H and O–H groups in total. The lowest BCUT2D eigenvalue weighted by Crippen LogP contribution is -2.36. The number of nitrogens with two attached hydrogens (primary N) is 1. The first kappa shape index (κ1) is 11.4. The van der Waals surface area contributed by atoms with Crippen molar-refractivity contribution in [3.05, 3.63) is 23.8 Å². The Morgan fingerprint density at radius 3 is 3.00 bits per heavy atom. The topological polar surface area (TPSA) is 68.5 Å². The van der Waals surface area contributed by atoms with Crippen LogP contribution in [0, 0.1) is 6.07 Å². The van der Waals surface area contributed by atoms with Crippen LogP contribution in [-0.2, 0) is 4.74 Å². The minimum atomic E-state index is -0.487. The Labute approximate surface area is 108 Å². The van der Waals surface area contributed by atoms with E-state index in [0.717, 1.165) is 22.9 Å². The highest BCUT2D eigenvalue weighted by atomic mass is 32.1. The van der Waals surface area contributed by atoms with Gasteiger partial charge in [0, 0.05) is 13.1 Å². The van der Waals surface area contributed by atoms with E-state index in [4.69, 9.17) is 10.5 Å². The van der Waals surface area contributed by atoms with E-state index in [-0.39, 0.29) is 0 Å². The number of thiazole rings is 1. The van der Waals surface area contributed by atoms with Gasteiger partial charge in [-0.3, -0.25) is 4.79 Å². The lowest BCUT2D eigenvalue weighted by molar-refractivity contribution is 0.100. The largest absolute Gasteiger partial charge is 0.378 e. The molecule has 3 rings (SSSR count). The lowest BCUT2D eigenvalue weighted by Gasteiger charge is -2.25. The minimum absolute atomic E-state index is 0.364. The molecule has 2 heterocycles. The summed E-state index contributed by atoms with van der Waals surface area (Å²) in [5.74, 6) is -0.487. The van der Waals surface area contributed by atoms with E-state index in [1.54, 1.807) is 17.4 Å². The van der Waals surface area contributed by atoms with Gasteiger partial charge >= 0.3 is 0 Å². The predicted molar refractivity (Wildman–Crippen MR) is 70.0 cm³/mol. The van der Waals surface area contributed by atoms with Crippen LogP contribution in [0.15, 0.2) is 12.1 Å². The maximum Gasteiger partial charge on any atom is 0.251 e. The van der Waals surface area contributed by atoms with Crippen molar-refractivity contribution < 1.29 is 9.53 Å². The van der Waals surface area contributed by atoms with Crippen LogP contribution in [-0.4, -0.2) is 37.2 Å². The Morgan fingerprint density at radius 1 is 1.50 bits per heavy atom. The third-order valence-electron chi connectivity index (χ3n) is 2.87. The summed E-state index contributed by atoms with van der Waals surface area (Å²) in [5, 5.41) is 0.912. The zero-order chi connectivity index (χ0) is 12.5. The van der Waals surface area contributed by atoms with Crippen LogP contribution in [0.1, 0.15) is 10.4 Å². The van der Waals surface area contributed by atoms with Crippen molar-refractivity contribution in [2.75, 3.05) is 31.2 Å². The Hall–Kier alpha value is -1.66. The third kappa shape index (κ3) is 1.93. The first-order chi connectivity index (χ1) is 8.75. The third-order valence-corrected chi connectivity index (χ3v) is 3.95. The first-order valence-electron chi connectivity index (χ1n) is 5.69. The average Bonchev–Trinajstić information content (AvgIpc) is 2.83. The van der Waals surface area contributed by atoms with Crippen LogP contribution < -0.4 is 10.6 Å². The van der Waals surface area contributed by atoms with E-state index in [9.17, 15) is 4.79 Å². The van der Waals surface area contributed by atoms with Crippen LogP contribution in [0.4, 0.5) is 5.13 Å². The maximum absolute atomic E-state index is 11.3. The van der Waals surface area contributed by atoms with Gasteiger partial charge < -0.3 is 15.4 Å². The van der Waals surface area contributed by atoms with Crippen LogP contribution in [0.2, 0.25) is 0 Å². The van der Waals surface area contributed by atoms with Crippen LogP contribution in [0.5, 0.6) is 0 Å². The molecule has 1 saturated heterocycles. The highest BCUT2D eigenvalue weighted by molar-refractivity contribution is 7.22. The van der Waals surface area contributed by atoms with Gasteiger partial charge in [-0.1, -0.05) is 17.4 Å². The fraction of sp³-hybridized carbons (Fsp3) is 0.333. The molecule has 1 amide bonds. The highest BCUT2D eigenvalue weighted by Gasteiger charge is 2.17. The molecule has 0 aliphatic carbocycles. The number of ether oxygens (including phenoxy) is 1. The SMILES string of the molecule is NC(=O)c1[c]ccc2sc(N3CCOCC3)nc12. The van der Waals surface area contributed by atoms with E-state index in [1.165, 1.54) is 0 Å². The van der Waals surface area contributed by atoms with Gasteiger partial charge in [0.25, 0.3) is 5.91 Å². The summed E-state index contributed by atoms with van der Waals surface area (Å²) >= 11 is 1.57. The van der Waals surface area contributed by atoms with Gasteiger partial charge in [-0.05, 0) is 12.1 Å². The molecular formula is C12H12N3O2S. The van der Waals surface area contributed by atoms with Crippen molar-refractivity contribution in [3.8, 4) is 0 Å². The molecule has 18 heavy (non-hydrogen) atoms. The van der Waals surface area contributed by atoms with Gasteiger partial charge in [-0.15, -0.1) is 0 Å². The minimum Gasteiger partial charge on any atom is -0.378 e. The van der Waals surface area contributed by atoms with Crippen molar-refractivity contribution in [2.24, 2.45) is 5.73 Å². The Bertz CT molecular complexity index is 590. The van der Waals surface area contributed by atoms with E-state index in [0.29, 0.717) is 24.3 Å². The summed E-state index contributed by atoms with van der Waals surface area (Å²) in [6, 6.07) is 6.47. The van der Waals surface area contributed by atoms with E-state index < -0.39 is 5.91 Å². The highest BCUT2D eigenvalue weighted by Crippen LogP contribution is 2.30. The number of aromatic nitrogens is 1. The fourth-order valence-corrected chi connectivity index (χ4v) is 2.98. The number of primary amides is 1. The second-order valence-electron chi connectivity index (χ2n) is 4.03. The number of anilines is 1. The molecule has 1 radical (unpaired) electrons. The molecule has 5 nitrogen and oxygen atoms in total. The molecule has 1 fully saturated rings. The monoisotopic (exact) mass is 262 g/mol. The second kappa shape index (κ2) is 4.55. The number of morpholine rings is 1. The Balaban J connectivity index is 2.04. The molecule has 1 aromatic carbocycles. The Kier molecular flexibility index (Phi) is 2.89. The van der Waals surface area contributed by atoms with Crippen LogP contribution in [0.3, 0.4) is 0 Å². The molecule has 93 valence electrons. The lowest BCUT2D eigenvalue weighted by atomic mass is 10.2. The first-order valence-corrected chi connectivity index (χ1v) is 6.51. The summed E-state index contributed by atoms with van der Waals surface area (Å²) < 4.78 is 6.27. The zero-order valence-electron chi connectivity index (χ0n) is 9.68. The summed E-state index contributed by atoms with van der Waals surface area (Å²) in [5.41, 5.74) is 6.34. The molecule has 0 spiro atoms. The van der Waals surface area contributed by atoms with Crippen molar-refractivity contribution >= 4 is 32.6 Å². The number of hydrogen-bond donors (Lipinski definition) is 1. The quantitative estimate of drug-likeness (QED) is 0.877. The number of benzene rings is 1. The summed E-state index contributed by atoms with van der Waals surface area (Å²) in [7, 11) is 0. The molecule has 0 saturated carbocycles. The molecule has 0 unspecified atom stereocenters. The van der Waals surface area contributed by atoms with Gasteiger partial charge in [-0.25, -0.2) is 4.98 Å². The zero-order valence-corrected chi connectivity index (χ0v) is 10.5. The number of amides is 1. The van der Waals surface area contributed by atoms with Crippen molar-refractivity contribution in [3.63, 3.8) is 0 Å². The van der Waals surface area contributed by atoms with Crippen molar-refractivity contribution in [1.82, 2.24) is 4.98 Å². The predicted octanol–water partition coefficient (Wildman–Crippen LogP) is 1.03. The summed E-state index contributed by atoms with van der Waals surface area (Å²) in [6.45, 7) is 3.08. The van der Waals surface area contributed by atoms with Crippen molar-refractivity contribution in [2.45, 2.75) is 0 Å². The number of fused-ring (bicyclic) bond motifs is 1. The number of rotatable bonds is 2. The number of nitrogens with zero attached hydrogens (tertiary/aromatic N) is 2. The number of hydrogen-bond acceptors (Lipinski definition) is 5. The van der Waals surface area contributed by atoms with E-state index in [2.05, 4.69) is 16.0 Å². The van der Waals surface area contributed by atoms with Crippen molar-refractivity contribution in [1.29, 1.82) is 0 Å². The van der Waals surface area contributed by atoms with Gasteiger partial charge in [0.2, 0.25) is 0 Å². The number of carbonyl (C=O) groups excluding carboxylic acids is 1. The molecule has 1 aromatic heterocycles. The van der Waals surface area contributed by atoms with Crippen LogP contribution >= 0.6 is 11.3 Å². The van der Waals surface area contributed by atoms with Gasteiger partial charge in [0.05, 0.1) is 29.0 Å². The average molecular weight is 262 g/mol. The molecule has 0 bridgehead atoms. The molecule has 1 aliphatic heterocycles. The standard InChI is InChI=1S/C12H12N3O2S/c13-11(16)8-2-1-3-9-10(8)14-12(18-9)15-4-6-17-7-5-15/h1,3H,4-7H2,(H2,13,16). The Morgan fingerprint density at radius 2 is 2.28 bits per heavy atom. The van der Waals surface area contributed by atoms with Gasteiger partial charge in [-0.2, -0.15) is 0 Å². The normalized spacial score (nSPS) is 16.1. The van der Waals surface area contributed by atoms with Gasteiger partial charge in [0.1, 0.15) is 0 Å². The number of carbonyl (C=O) groups is 1. The molecule has 2 aromatic rings. The van der Waals surface area contributed by atoms with Gasteiger partial charge in [0.15, 0.2) is 5.13 Å². The molecule has 0 atom stereocenters. The molecule has 6 heteroatoms. The van der Waals surface area contributed by atoms with Crippen LogP contribution in [0.25, 0.3) is 10.2 Å². The fourth-order valence-electron chi connectivity index (χ4n) is 1.96. The summed E-state index contributed by atoms with van der Waals surface area (Å²) in [4.78, 5) is 18.0. The smallest absolute Gasteiger partial charge is 0.251 e. The molecular weight excluding hydrogens is 250 g/mol. The molecule has 1 aliphatic rings. The summed E-state index contributed by atoms with van der Waals surface area (Å²) in [6.07, 6.45) is 0. The second-order valence-corrected chi connectivity index (χ2v) is 5.03. The van der Waals surface area contributed by atoms with E-state index in [1.807, 2.05) is 6.07 Å². The van der Waals surface area contributed by atoms with E-state index >= 15 is 0 Å².